The van der Waals surface area contributed by atoms with Gasteiger partial charge in [0.15, 0.2) is 0 Å². The number of hydrogen-bond acceptors (Lipinski definition) is 7. The molecule has 0 N–H and O–H groups in total. The van der Waals surface area contributed by atoms with Gasteiger partial charge in [0, 0.05) is 55.6 Å². The molecule has 8 nitrogen and oxygen atoms in total. The summed E-state index contributed by atoms with van der Waals surface area (Å²) in [5, 5.41) is 3.25. The second kappa shape index (κ2) is 9.79. The highest BCUT2D eigenvalue weighted by Crippen LogP contribution is 2.25. The maximum atomic E-state index is 13.0. The molecule has 0 aliphatic carbocycles. The molecule has 1 aromatic carbocycles. The van der Waals surface area contributed by atoms with Crippen LogP contribution in [-0.2, 0) is 26.7 Å². The van der Waals surface area contributed by atoms with Crippen LogP contribution >= 0.6 is 11.3 Å². The molecule has 180 valence electrons. The Morgan fingerprint density at radius 2 is 1.67 bits per heavy atom. The van der Waals surface area contributed by atoms with Crippen molar-refractivity contribution in [1.82, 2.24) is 19.1 Å². The van der Waals surface area contributed by atoms with Crippen LogP contribution in [0.25, 0.3) is 0 Å². The lowest BCUT2D eigenvalue weighted by Gasteiger charge is -2.34. The van der Waals surface area contributed by atoms with Crippen LogP contribution in [0.1, 0.15) is 41.8 Å². The van der Waals surface area contributed by atoms with E-state index in [9.17, 15) is 13.2 Å². The molecule has 10 heteroatoms. The number of benzene rings is 1. The topological polar surface area (TPSA) is 83.1 Å². The zero-order valence-electron chi connectivity index (χ0n) is 19.5. The number of thiazole rings is 1. The summed E-state index contributed by atoms with van der Waals surface area (Å²) in [6.45, 7) is 11.7. The fraction of sp³-hybridized carbons (Fsp3) is 0.565. The number of ether oxygens (including phenoxy) is 1. The van der Waals surface area contributed by atoms with Gasteiger partial charge < -0.3 is 9.64 Å². The first-order chi connectivity index (χ1) is 15.6. The minimum atomic E-state index is -3.56. The van der Waals surface area contributed by atoms with E-state index in [0.717, 1.165) is 30.3 Å². The van der Waals surface area contributed by atoms with Crippen molar-refractivity contribution in [3.8, 4) is 0 Å². The molecule has 0 bridgehead atoms. The number of carbonyl (C=O) groups is 1. The molecule has 0 saturated carbocycles. The number of nitrogens with zero attached hydrogens (tertiary/aromatic N) is 4. The molecule has 2 aliphatic rings. The predicted molar refractivity (Wildman–Crippen MR) is 128 cm³/mol. The van der Waals surface area contributed by atoms with Gasteiger partial charge in [-0.15, -0.1) is 11.3 Å². The van der Waals surface area contributed by atoms with E-state index >= 15 is 0 Å². The minimum Gasteiger partial charge on any atom is -0.379 e. The van der Waals surface area contributed by atoms with E-state index in [1.54, 1.807) is 23.5 Å². The van der Waals surface area contributed by atoms with Crippen LogP contribution < -0.4 is 0 Å². The molecule has 4 rings (SSSR count). The summed E-state index contributed by atoms with van der Waals surface area (Å²) in [4.78, 5) is 22.1. The number of aromatic nitrogens is 1. The number of amides is 1. The average molecular weight is 493 g/mol. The van der Waals surface area contributed by atoms with Crippen LogP contribution in [0.2, 0.25) is 0 Å². The molecule has 0 radical (unpaired) electrons. The number of hydrogen-bond donors (Lipinski definition) is 0. The molecule has 0 atom stereocenters. The van der Waals surface area contributed by atoms with E-state index < -0.39 is 10.0 Å². The largest absolute Gasteiger partial charge is 0.379 e. The average Bonchev–Trinajstić information content (AvgIpc) is 3.29. The maximum Gasteiger partial charge on any atom is 0.253 e. The summed E-state index contributed by atoms with van der Waals surface area (Å²) in [6, 6.07) is 6.30. The van der Waals surface area contributed by atoms with Gasteiger partial charge in [0.25, 0.3) is 5.91 Å². The first-order valence-corrected chi connectivity index (χ1v) is 13.6. The van der Waals surface area contributed by atoms with E-state index in [0.29, 0.717) is 45.0 Å². The Bertz CT molecular complexity index is 1060. The Morgan fingerprint density at radius 1 is 1.03 bits per heavy atom. The highest BCUT2D eigenvalue weighted by molar-refractivity contribution is 7.89. The standard InChI is InChI=1S/C23H32N4O4S2/c1-23(2,3)20-17-32-21(24-20)16-25-8-10-26(11-9-25)22(28)18-4-6-19(7-5-18)33(29,30)27-12-14-31-15-13-27/h4-7,17H,8-16H2,1-3H3. The van der Waals surface area contributed by atoms with E-state index in [2.05, 4.69) is 31.1 Å². The predicted octanol–water partition coefficient (Wildman–Crippen LogP) is 2.42. The second-order valence-corrected chi connectivity index (χ2v) is 12.4. The zero-order valence-corrected chi connectivity index (χ0v) is 21.1. The van der Waals surface area contributed by atoms with Gasteiger partial charge in [-0.2, -0.15) is 4.31 Å². The SMILES string of the molecule is CC(C)(C)c1csc(CN2CCN(C(=O)c3ccc(S(=O)(=O)N4CCOCC4)cc3)CC2)n1. The molecule has 3 heterocycles. The van der Waals surface area contributed by atoms with Crippen LogP contribution in [0.3, 0.4) is 0 Å². The molecule has 0 spiro atoms. The molecule has 1 aromatic heterocycles. The summed E-state index contributed by atoms with van der Waals surface area (Å²) in [7, 11) is -3.56. The summed E-state index contributed by atoms with van der Waals surface area (Å²) in [6.07, 6.45) is 0. The van der Waals surface area contributed by atoms with Gasteiger partial charge in [-0.3, -0.25) is 9.69 Å². The van der Waals surface area contributed by atoms with Gasteiger partial charge in [-0.05, 0) is 24.3 Å². The van der Waals surface area contributed by atoms with Crippen molar-refractivity contribution in [3.63, 3.8) is 0 Å². The lowest BCUT2D eigenvalue weighted by molar-refractivity contribution is 0.0628. The lowest BCUT2D eigenvalue weighted by Crippen LogP contribution is -2.48. The van der Waals surface area contributed by atoms with Gasteiger partial charge in [0.05, 0.1) is 30.3 Å². The van der Waals surface area contributed by atoms with E-state index in [4.69, 9.17) is 9.72 Å². The number of sulfonamides is 1. The fourth-order valence-corrected chi connectivity index (χ4v) is 6.39. The second-order valence-electron chi connectivity index (χ2n) is 9.49. The summed E-state index contributed by atoms with van der Waals surface area (Å²) < 4.78 is 32.2. The fourth-order valence-electron chi connectivity index (χ4n) is 3.92. The lowest BCUT2D eigenvalue weighted by atomic mass is 9.93. The number of carbonyl (C=O) groups excluding carboxylic acids is 1. The number of piperazine rings is 1. The Morgan fingerprint density at radius 3 is 2.24 bits per heavy atom. The van der Waals surface area contributed by atoms with Gasteiger partial charge in [-0.1, -0.05) is 20.8 Å². The van der Waals surface area contributed by atoms with E-state index in [1.165, 1.54) is 16.4 Å². The normalized spacial score (nSPS) is 19.1. The van der Waals surface area contributed by atoms with Gasteiger partial charge in [-0.25, -0.2) is 13.4 Å². The molecular weight excluding hydrogens is 460 g/mol. The van der Waals surface area contributed by atoms with Crippen LogP contribution in [0.15, 0.2) is 34.5 Å². The van der Waals surface area contributed by atoms with Crippen molar-refractivity contribution in [3.05, 3.63) is 45.9 Å². The Kier molecular flexibility index (Phi) is 7.20. The highest BCUT2D eigenvalue weighted by atomic mass is 32.2. The van der Waals surface area contributed by atoms with E-state index in [-0.39, 0.29) is 16.2 Å². The first kappa shape index (κ1) is 24.3. The molecule has 1 amide bonds. The van der Waals surface area contributed by atoms with Crippen LogP contribution in [0.5, 0.6) is 0 Å². The highest BCUT2D eigenvalue weighted by Gasteiger charge is 2.27. The Balaban J connectivity index is 1.32. The summed E-state index contributed by atoms with van der Waals surface area (Å²) in [5.74, 6) is -0.0609. The quantitative estimate of drug-likeness (QED) is 0.638. The van der Waals surface area contributed by atoms with Crippen molar-refractivity contribution >= 4 is 27.3 Å². The van der Waals surface area contributed by atoms with Crippen LogP contribution in [0.4, 0.5) is 0 Å². The smallest absolute Gasteiger partial charge is 0.253 e. The molecule has 2 saturated heterocycles. The van der Waals surface area contributed by atoms with Gasteiger partial charge >= 0.3 is 0 Å². The van der Waals surface area contributed by atoms with Gasteiger partial charge in [0.2, 0.25) is 10.0 Å². The summed E-state index contributed by atoms with van der Waals surface area (Å²) >= 11 is 1.69. The molecular formula is C23H32N4O4S2. The van der Waals surface area contributed by atoms with Crippen molar-refractivity contribution in [2.45, 2.75) is 37.6 Å². The Labute approximate surface area is 200 Å². The van der Waals surface area contributed by atoms with Crippen LogP contribution in [-0.4, -0.2) is 85.9 Å². The van der Waals surface area contributed by atoms with Crippen LogP contribution in [0, 0.1) is 0 Å². The summed E-state index contributed by atoms with van der Waals surface area (Å²) in [5.41, 5.74) is 1.69. The minimum absolute atomic E-state index is 0.0525. The van der Waals surface area contributed by atoms with Crippen molar-refractivity contribution in [2.24, 2.45) is 0 Å². The number of morpholine rings is 1. The van der Waals surface area contributed by atoms with Crippen molar-refractivity contribution in [1.29, 1.82) is 0 Å². The Hall–Kier alpha value is -1.85. The van der Waals surface area contributed by atoms with Gasteiger partial charge in [0.1, 0.15) is 5.01 Å². The first-order valence-electron chi connectivity index (χ1n) is 11.3. The molecule has 2 aromatic rings. The maximum absolute atomic E-state index is 13.0. The van der Waals surface area contributed by atoms with Crippen molar-refractivity contribution < 1.29 is 17.9 Å². The third-order valence-electron chi connectivity index (χ3n) is 6.05. The molecule has 2 fully saturated rings. The number of rotatable bonds is 5. The zero-order chi connectivity index (χ0) is 23.6. The molecule has 2 aliphatic heterocycles. The monoisotopic (exact) mass is 492 g/mol. The van der Waals surface area contributed by atoms with Crippen molar-refractivity contribution in [2.75, 3.05) is 52.5 Å². The third-order valence-corrected chi connectivity index (χ3v) is 8.79. The molecule has 0 unspecified atom stereocenters. The van der Waals surface area contributed by atoms with E-state index in [1.807, 2.05) is 4.90 Å². The third kappa shape index (κ3) is 5.63. The molecule has 33 heavy (non-hydrogen) atoms.